The van der Waals surface area contributed by atoms with Gasteiger partial charge in [0.2, 0.25) is 0 Å². The topological polar surface area (TPSA) is 53.2 Å². The molecule has 3 aromatic rings. The van der Waals surface area contributed by atoms with Gasteiger partial charge >= 0.3 is 0 Å². The van der Waals surface area contributed by atoms with Crippen molar-refractivity contribution >= 4 is 27.1 Å². The number of nitrogens with zero attached hydrogens (tertiary/aromatic N) is 1. The summed E-state index contributed by atoms with van der Waals surface area (Å²) in [6.45, 7) is 1.99. The number of hydrogen-bond acceptors (Lipinski definition) is 3. The molecular weight excluding hydrogens is 368 g/mol. The molecule has 1 N–H and O–H groups in total. The predicted octanol–water partition coefficient (Wildman–Crippen LogP) is 4.78. The van der Waals surface area contributed by atoms with Gasteiger partial charge < -0.3 is 9.88 Å². The number of aromatic nitrogens is 1. The molecule has 26 heavy (non-hydrogen) atoms. The highest BCUT2D eigenvalue weighted by molar-refractivity contribution is 7.90. The average molecular weight is 389 g/mol. The van der Waals surface area contributed by atoms with Gasteiger partial charge in [-0.3, -0.25) is 0 Å². The molecule has 0 spiro atoms. The lowest BCUT2D eigenvalue weighted by atomic mass is 10.0. The third-order valence-electron chi connectivity index (χ3n) is 4.26. The van der Waals surface area contributed by atoms with E-state index in [4.69, 9.17) is 11.6 Å². The molecule has 1 heterocycles. The minimum absolute atomic E-state index is 0.310. The van der Waals surface area contributed by atoms with Gasteiger partial charge in [-0.05, 0) is 48.4 Å². The number of H-pyrrole nitrogens is 1. The van der Waals surface area contributed by atoms with Crippen molar-refractivity contribution in [3.8, 4) is 22.4 Å². The van der Waals surface area contributed by atoms with Crippen LogP contribution in [0.2, 0.25) is 5.02 Å². The number of aromatic amines is 1. The number of hydrogen-bond donors (Lipinski definition) is 1. The minimum atomic E-state index is -3.21. The van der Waals surface area contributed by atoms with Gasteiger partial charge in [-0.2, -0.15) is 0 Å². The zero-order valence-electron chi connectivity index (χ0n) is 15.2. The maximum absolute atomic E-state index is 11.7. The summed E-state index contributed by atoms with van der Waals surface area (Å²) >= 11 is 6.43. The van der Waals surface area contributed by atoms with Crippen molar-refractivity contribution in [3.63, 3.8) is 0 Å². The Morgan fingerprint density at radius 1 is 0.962 bits per heavy atom. The highest BCUT2D eigenvalue weighted by Gasteiger charge is 2.14. The molecule has 0 radical (unpaired) electrons. The zero-order chi connectivity index (χ0) is 19.1. The van der Waals surface area contributed by atoms with Crippen LogP contribution in [-0.2, 0) is 9.84 Å². The van der Waals surface area contributed by atoms with E-state index in [1.807, 2.05) is 56.3 Å². The molecule has 6 heteroatoms. The van der Waals surface area contributed by atoms with Crippen LogP contribution in [0.4, 0.5) is 5.69 Å². The maximum atomic E-state index is 11.7. The van der Waals surface area contributed by atoms with Crippen LogP contribution in [-0.4, -0.2) is 33.8 Å². The van der Waals surface area contributed by atoms with Gasteiger partial charge in [0, 0.05) is 31.6 Å². The van der Waals surface area contributed by atoms with E-state index in [0.29, 0.717) is 9.92 Å². The summed E-state index contributed by atoms with van der Waals surface area (Å²) in [4.78, 5) is 5.65. The monoisotopic (exact) mass is 388 g/mol. The van der Waals surface area contributed by atoms with Crippen molar-refractivity contribution < 1.29 is 8.42 Å². The standard InChI is InChI=1S/C20H21ClN2O2S/c1-13-11-17(15-7-10-19(23(2)3)18(21)12-15)20(22-13)14-5-8-16(9-6-14)26(4,24)25/h5-12,22H,1-4H3. The Kier molecular flexibility index (Phi) is 4.86. The van der Waals surface area contributed by atoms with Crippen LogP contribution in [0.1, 0.15) is 5.69 Å². The van der Waals surface area contributed by atoms with Crippen LogP contribution in [0.15, 0.2) is 53.4 Å². The number of halogens is 1. The molecule has 0 saturated carbocycles. The Morgan fingerprint density at radius 3 is 2.12 bits per heavy atom. The van der Waals surface area contributed by atoms with Crippen molar-refractivity contribution in [3.05, 3.63) is 59.2 Å². The number of nitrogens with one attached hydrogen (secondary N) is 1. The summed E-state index contributed by atoms with van der Waals surface area (Å²) in [5.41, 5.74) is 5.88. The summed E-state index contributed by atoms with van der Waals surface area (Å²) in [5, 5.41) is 0.685. The smallest absolute Gasteiger partial charge is 0.175 e. The van der Waals surface area contributed by atoms with E-state index >= 15 is 0 Å². The lowest BCUT2D eigenvalue weighted by Gasteiger charge is -2.15. The summed E-state index contributed by atoms with van der Waals surface area (Å²) in [6, 6.07) is 15.0. The maximum Gasteiger partial charge on any atom is 0.175 e. The summed E-state index contributed by atoms with van der Waals surface area (Å²) in [7, 11) is 0.699. The van der Waals surface area contributed by atoms with Crippen LogP contribution in [0.3, 0.4) is 0 Å². The molecular formula is C20H21ClN2O2S. The van der Waals surface area contributed by atoms with Crippen molar-refractivity contribution in [1.29, 1.82) is 0 Å². The summed E-state index contributed by atoms with van der Waals surface area (Å²) in [6.07, 6.45) is 1.21. The Labute approximate surface area is 159 Å². The lowest BCUT2D eigenvalue weighted by molar-refractivity contribution is 0.602. The molecule has 1 aromatic heterocycles. The zero-order valence-corrected chi connectivity index (χ0v) is 16.7. The molecule has 0 atom stereocenters. The lowest BCUT2D eigenvalue weighted by Crippen LogP contribution is -2.08. The van der Waals surface area contributed by atoms with E-state index < -0.39 is 9.84 Å². The Balaban J connectivity index is 2.08. The van der Waals surface area contributed by atoms with Crippen LogP contribution < -0.4 is 4.90 Å². The molecule has 0 unspecified atom stereocenters. The Bertz CT molecular complexity index is 1050. The number of aryl methyl sites for hydroxylation is 1. The number of sulfone groups is 1. The third-order valence-corrected chi connectivity index (χ3v) is 5.70. The first-order chi connectivity index (χ1) is 12.2. The molecule has 0 aliphatic rings. The van der Waals surface area contributed by atoms with Crippen molar-refractivity contribution in [1.82, 2.24) is 4.98 Å². The molecule has 0 aliphatic heterocycles. The van der Waals surface area contributed by atoms with E-state index in [9.17, 15) is 8.42 Å². The van der Waals surface area contributed by atoms with Gasteiger partial charge in [0.05, 0.1) is 21.3 Å². The van der Waals surface area contributed by atoms with E-state index in [1.165, 1.54) is 6.26 Å². The van der Waals surface area contributed by atoms with Gasteiger partial charge in [0.25, 0.3) is 0 Å². The normalized spacial score (nSPS) is 11.6. The second-order valence-corrected chi connectivity index (χ2v) is 9.02. The fourth-order valence-electron chi connectivity index (χ4n) is 2.95. The van der Waals surface area contributed by atoms with Gasteiger partial charge in [-0.1, -0.05) is 29.8 Å². The Morgan fingerprint density at radius 2 is 1.58 bits per heavy atom. The summed E-state index contributed by atoms with van der Waals surface area (Å²) < 4.78 is 23.3. The van der Waals surface area contributed by atoms with E-state index in [-0.39, 0.29) is 0 Å². The molecule has 3 rings (SSSR count). The SMILES string of the molecule is Cc1cc(-c2ccc(N(C)C)c(Cl)c2)c(-c2ccc(S(C)(=O)=O)cc2)[nH]1. The number of rotatable bonds is 4. The van der Waals surface area contributed by atoms with Crippen LogP contribution in [0.5, 0.6) is 0 Å². The number of benzene rings is 2. The predicted molar refractivity (Wildman–Crippen MR) is 109 cm³/mol. The Hall–Kier alpha value is -2.24. The van der Waals surface area contributed by atoms with E-state index in [1.54, 1.807) is 12.1 Å². The number of anilines is 1. The van der Waals surface area contributed by atoms with Crippen molar-refractivity contribution in [2.24, 2.45) is 0 Å². The second kappa shape index (κ2) is 6.82. The van der Waals surface area contributed by atoms with Gasteiger partial charge in [0.15, 0.2) is 9.84 Å². The van der Waals surface area contributed by atoms with Crippen LogP contribution >= 0.6 is 11.6 Å². The largest absolute Gasteiger partial charge is 0.376 e. The van der Waals surface area contributed by atoms with Gasteiger partial charge in [-0.25, -0.2) is 8.42 Å². The fraction of sp³-hybridized carbons (Fsp3) is 0.200. The van der Waals surface area contributed by atoms with Crippen LogP contribution in [0.25, 0.3) is 22.4 Å². The molecule has 136 valence electrons. The van der Waals surface area contributed by atoms with Gasteiger partial charge in [-0.15, -0.1) is 0 Å². The highest BCUT2D eigenvalue weighted by Crippen LogP contribution is 2.36. The minimum Gasteiger partial charge on any atom is -0.376 e. The van der Waals surface area contributed by atoms with E-state index in [0.717, 1.165) is 33.8 Å². The average Bonchev–Trinajstić information content (AvgIpc) is 2.95. The highest BCUT2D eigenvalue weighted by atomic mass is 35.5. The molecule has 0 amide bonds. The molecule has 2 aromatic carbocycles. The van der Waals surface area contributed by atoms with Gasteiger partial charge in [0.1, 0.15) is 0 Å². The fourth-order valence-corrected chi connectivity index (χ4v) is 3.93. The quantitative estimate of drug-likeness (QED) is 0.699. The van der Waals surface area contributed by atoms with Crippen LogP contribution in [0, 0.1) is 6.92 Å². The first-order valence-corrected chi connectivity index (χ1v) is 10.4. The van der Waals surface area contributed by atoms with Crippen molar-refractivity contribution in [2.45, 2.75) is 11.8 Å². The second-order valence-electron chi connectivity index (χ2n) is 6.60. The molecule has 0 aliphatic carbocycles. The molecule has 0 fully saturated rings. The molecule has 0 bridgehead atoms. The first kappa shape index (κ1) is 18.5. The summed E-state index contributed by atoms with van der Waals surface area (Å²) in [5.74, 6) is 0. The molecule has 0 saturated heterocycles. The van der Waals surface area contributed by atoms with E-state index in [2.05, 4.69) is 11.1 Å². The first-order valence-electron chi connectivity index (χ1n) is 8.14. The van der Waals surface area contributed by atoms with Crippen molar-refractivity contribution in [2.75, 3.05) is 25.3 Å². The third kappa shape index (κ3) is 3.64. The molecule has 4 nitrogen and oxygen atoms in total.